The van der Waals surface area contributed by atoms with Gasteiger partial charge in [-0.25, -0.2) is 5.11 Å². The van der Waals surface area contributed by atoms with E-state index in [1.807, 2.05) is 0 Å². The van der Waals surface area contributed by atoms with Crippen LogP contribution < -0.4 is 0 Å². The maximum absolute atomic E-state index is 9.29. The fraction of sp³-hybridized carbons (Fsp3) is 1.00. The molecule has 0 aromatic carbocycles. The molecule has 1 radical (unpaired) electrons. The average molecular weight is 79.5 g/mol. The smallest absolute Gasteiger partial charge is 0.163 e. The minimum absolute atomic E-state index is 0.944. The Balaban J connectivity index is 2.32. The van der Waals surface area contributed by atoms with Gasteiger partial charge >= 0.3 is 0 Å². The van der Waals surface area contributed by atoms with Gasteiger partial charge in [0, 0.05) is 0 Å². The molecule has 0 aromatic heterocycles. The van der Waals surface area contributed by atoms with Crippen molar-refractivity contribution >= 4 is 11.6 Å². The first kappa shape index (κ1) is 4.25. The van der Waals surface area contributed by atoms with E-state index in [2.05, 4.69) is 0 Å². The molecule has 0 heterocycles. The summed E-state index contributed by atoms with van der Waals surface area (Å²) in [7, 11) is 0. The van der Waals surface area contributed by atoms with E-state index < -0.39 is 5.56 Å². The molecule has 25 valence electrons. The van der Waals surface area contributed by atoms with E-state index in [1.54, 1.807) is 0 Å². The van der Waals surface area contributed by atoms with Gasteiger partial charge in [-0.3, -0.25) is 0 Å². The van der Waals surface area contributed by atoms with E-state index in [4.69, 9.17) is 11.6 Å². The van der Waals surface area contributed by atoms with Crippen molar-refractivity contribution < 1.29 is 5.11 Å². The summed E-state index contributed by atoms with van der Waals surface area (Å²) in [4.78, 5) is 0. The summed E-state index contributed by atoms with van der Waals surface area (Å²) in [5.41, 5.74) is -0.944. The van der Waals surface area contributed by atoms with Crippen molar-refractivity contribution in [2.24, 2.45) is 0 Å². The van der Waals surface area contributed by atoms with Crippen LogP contribution in [0.5, 0.6) is 0 Å². The van der Waals surface area contributed by atoms with Gasteiger partial charge in [-0.2, -0.15) is 0 Å². The third kappa shape index (κ3) is 56.3. The Hall–Kier alpha value is 0.250. The summed E-state index contributed by atoms with van der Waals surface area (Å²) in [6.07, 6.45) is 0. The molecule has 0 spiro atoms. The van der Waals surface area contributed by atoms with Gasteiger partial charge in [0.2, 0.25) is 0 Å². The Morgan fingerprint density at radius 1 is 2.00 bits per heavy atom. The quantitative estimate of drug-likeness (QED) is 0.386. The van der Waals surface area contributed by atoms with Crippen LogP contribution in [0.1, 0.15) is 6.92 Å². The van der Waals surface area contributed by atoms with Gasteiger partial charge in [0.25, 0.3) is 0 Å². The second-order valence-electron chi connectivity index (χ2n) is 0.543. The van der Waals surface area contributed by atoms with Crippen molar-refractivity contribution in [3.63, 3.8) is 0 Å². The van der Waals surface area contributed by atoms with E-state index in [0.29, 0.717) is 0 Å². The van der Waals surface area contributed by atoms with Gasteiger partial charge in [-0.1, -0.05) is 11.6 Å². The predicted molar refractivity (Wildman–Crippen MR) is 16.0 cm³/mol. The fourth-order valence-electron chi connectivity index (χ4n) is 0. The zero-order valence-electron chi connectivity index (χ0n) is 2.36. The molecule has 0 aliphatic rings. The number of hydrogen-bond acceptors (Lipinski definition) is 0. The van der Waals surface area contributed by atoms with Crippen LogP contribution in [0.2, 0.25) is 0 Å². The minimum Gasteiger partial charge on any atom is -0.216 e. The van der Waals surface area contributed by atoms with Crippen molar-refractivity contribution in [2.45, 2.75) is 12.5 Å². The Kier molecular flexibility index (Phi) is 1.66. The largest absolute Gasteiger partial charge is 0.216 e. The SMILES string of the molecule is CC([O])Cl. The molecule has 4 heavy (non-hydrogen) atoms. The molecule has 0 bridgehead atoms. The van der Waals surface area contributed by atoms with Crippen LogP contribution in [-0.2, 0) is 5.11 Å². The van der Waals surface area contributed by atoms with Crippen molar-refractivity contribution in [1.82, 2.24) is 0 Å². The molecule has 2 heteroatoms. The highest BCUT2D eigenvalue weighted by Crippen LogP contribution is 1.81. The monoisotopic (exact) mass is 79.0 g/mol. The highest BCUT2D eigenvalue weighted by molar-refractivity contribution is 6.19. The van der Waals surface area contributed by atoms with Crippen LogP contribution in [-0.4, -0.2) is 5.56 Å². The van der Waals surface area contributed by atoms with Gasteiger partial charge in [0.1, 0.15) is 0 Å². The van der Waals surface area contributed by atoms with Crippen molar-refractivity contribution in [1.29, 1.82) is 0 Å². The predicted octanol–water partition coefficient (Wildman–Crippen LogP) is 1.00. The Morgan fingerprint density at radius 3 is 2.00 bits per heavy atom. The number of halogens is 1. The first-order valence-corrected chi connectivity index (χ1v) is 1.47. The maximum Gasteiger partial charge on any atom is 0.163 e. The average Bonchev–Trinajstić information content (AvgIpc) is 0.811. The van der Waals surface area contributed by atoms with E-state index >= 15 is 0 Å². The lowest BCUT2D eigenvalue weighted by atomic mass is 10.9. The molecule has 0 aliphatic heterocycles. The molecule has 0 saturated carbocycles. The number of hydrogen-bond donors (Lipinski definition) is 0. The standard InChI is InChI=1S/C2H4ClO/c1-2(3)4/h2H,1H3. The summed E-state index contributed by atoms with van der Waals surface area (Å²) < 4.78 is 0. The fourth-order valence-corrected chi connectivity index (χ4v) is 0. The zero-order chi connectivity index (χ0) is 3.58. The zero-order valence-corrected chi connectivity index (χ0v) is 3.12. The van der Waals surface area contributed by atoms with E-state index in [0.717, 1.165) is 0 Å². The third-order valence-electron chi connectivity index (χ3n) is 0. The molecule has 0 aliphatic carbocycles. The Bertz CT molecular complexity index is 10.8. The Morgan fingerprint density at radius 2 is 2.00 bits per heavy atom. The van der Waals surface area contributed by atoms with Crippen LogP contribution in [0.3, 0.4) is 0 Å². The second kappa shape index (κ2) is 1.56. The molecule has 1 nitrogen and oxygen atoms in total. The van der Waals surface area contributed by atoms with Crippen LogP contribution in [0.25, 0.3) is 0 Å². The van der Waals surface area contributed by atoms with Gasteiger partial charge in [0.15, 0.2) is 5.56 Å². The molecule has 1 unspecified atom stereocenters. The molecular formula is C2H4ClO. The second-order valence-corrected chi connectivity index (χ2v) is 1.16. The summed E-state index contributed by atoms with van der Waals surface area (Å²) in [6.45, 7) is 1.38. The van der Waals surface area contributed by atoms with E-state index in [-0.39, 0.29) is 0 Å². The molecule has 0 saturated heterocycles. The normalized spacial score (nSPS) is 15.8. The van der Waals surface area contributed by atoms with Crippen molar-refractivity contribution in [3.05, 3.63) is 0 Å². The summed E-state index contributed by atoms with van der Waals surface area (Å²) in [6, 6.07) is 0. The highest BCUT2D eigenvalue weighted by Gasteiger charge is 1.77. The van der Waals surface area contributed by atoms with Crippen LogP contribution in [0.15, 0.2) is 0 Å². The van der Waals surface area contributed by atoms with E-state index in [1.165, 1.54) is 6.92 Å². The summed E-state index contributed by atoms with van der Waals surface area (Å²) in [5, 5.41) is 9.29. The van der Waals surface area contributed by atoms with Gasteiger partial charge in [-0.15, -0.1) is 0 Å². The van der Waals surface area contributed by atoms with Crippen LogP contribution >= 0.6 is 11.6 Å². The summed E-state index contributed by atoms with van der Waals surface area (Å²) in [5.74, 6) is 0. The first-order chi connectivity index (χ1) is 1.73. The van der Waals surface area contributed by atoms with Gasteiger partial charge < -0.3 is 0 Å². The lowest BCUT2D eigenvalue weighted by Crippen LogP contribution is -1.75. The molecular weight excluding hydrogens is 75.5 g/mol. The maximum atomic E-state index is 9.29. The number of alkyl halides is 1. The van der Waals surface area contributed by atoms with Crippen LogP contribution in [0.4, 0.5) is 0 Å². The highest BCUT2D eigenvalue weighted by atomic mass is 35.5. The third-order valence-corrected chi connectivity index (χ3v) is 0. The molecule has 0 fully saturated rings. The lowest BCUT2D eigenvalue weighted by molar-refractivity contribution is 0.175. The van der Waals surface area contributed by atoms with Gasteiger partial charge in [0.05, 0.1) is 0 Å². The molecule has 0 aromatic rings. The topological polar surface area (TPSA) is 19.9 Å². The molecule has 0 rings (SSSR count). The lowest BCUT2D eigenvalue weighted by Gasteiger charge is -1.71. The van der Waals surface area contributed by atoms with Gasteiger partial charge in [-0.05, 0) is 6.92 Å². The van der Waals surface area contributed by atoms with Crippen LogP contribution in [0, 0.1) is 0 Å². The minimum atomic E-state index is -0.944. The number of rotatable bonds is 0. The van der Waals surface area contributed by atoms with Crippen molar-refractivity contribution in [2.75, 3.05) is 0 Å². The molecule has 0 N–H and O–H groups in total. The van der Waals surface area contributed by atoms with E-state index in [9.17, 15) is 5.11 Å². The summed E-state index contributed by atoms with van der Waals surface area (Å²) >= 11 is 4.72. The first-order valence-electron chi connectivity index (χ1n) is 1.03. The Labute approximate surface area is 30.2 Å². The molecule has 0 amide bonds. The van der Waals surface area contributed by atoms with Crippen molar-refractivity contribution in [3.8, 4) is 0 Å². The molecule has 1 atom stereocenters.